The molecule has 1 aliphatic rings. The van der Waals surface area contributed by atoms with Gasteiger partial charge in [-0.1, -0.05) is 29.8 Å². The number of benzene rings is 1. The molecule has 1 aliphatic heterocycles. The summed E-state index contributed by atoms with van der Waals surface area (Å²) in [7, 11) is 0. The molecule has 0 aliphatic carbocycles. The van der Waals surface area contributed by atoms with Crippen molar-refractivity contribution in [3.05, 3.63) is 52.8 Å². The summed E-state index contributed by atoms with van der Waals surface area (Å²) in [5.74, 6) is -0.419. The summed E-state index contributed by atoms with van der Waals surface area (Å²) in [4.78, 5) is 26.0. The fourth-order valence-corrected chi connectivity index (χ4v) is 3.45. The molecule has 2 amide bonds. The largest absolute Gasteiger partial charge is 0.364 e. The summed E-state index contributed by atoms with van der Waals surface area (Å²) in [6.07, 6.45) is 4.15. The number of aromatic amines is 1. The smallest absolute Gasteiger partial charge is 0.269 e. The van der Waals surface area contributed by atoms with Gasteiger partial charge < -0.3 is 10.6 Å². The quantitative estimate of drug-likeness (QED) is 0.876. The minimum atomic E-state index is -0.560. The number of rotatable bonds is 5. The fourth-order valence-electron chi connectivity index (χ4n) is 3.45. The molecular weight excluding hydrogens is 316 g/mol. The Labute approximate surface area is 147 Å². The molecule has 2 heterocycles. The number of carbonyl (C=O) groups excluding carboxylic acids is 2. The maximum absolute atomic E-state index is 12.8. The van der Waals surface area contributed by atoms with Crippen molar-refractivity contribution in [3.8, 4) is 0 Å². The van der Waals surface area contributed by atoms with Gasteiger partial charge in [0.1, 0.15) is 5.69 Å². The molecule has 0 radical (unpaired) electrons. The highest BCUT2D eigenvalue weighted by Gasteiger charge is 2.29. The number of hydrogen-bond acceptors (Lipinski definition) is 3. The van der Waals surface area contributed by atoms with Crippen LogP contribution >= 0.6 is 0 Å². The molecule has 3 rings (SSSR count). The first kappa shape index (κ1) is 17.2. The van der Waals surface area contributed by atoms with Gasteiger partial charge in [-0.3, -0.25) is 14.7 Å². The number of carbonyl (C=O) groups is 2. The monoisotopic (exact) mass is 340 g/mol. The van der Waals surface area contributed by atoms with Gasteiger partial charge in [-0.25, -0.2) is 0 Å². The number of nitrogens with two attached hydrogens (primary N) is 1. The standard InChI is InChI=1S/C19H24N4O2/c1-13-5-4-6-14(11-13)8-9-18(24)23-10-3-2-7-17(23)15-12-16(19(20)25)22-21-15/h4-6,11-12,17H,2-3,7-10H2,1H3,(H2,20,25)(H,21,22)/t17-/m1/s1. The molecule has 0 spiro atoms. The molecule has 1 aromatic heterocycles. The van der Waals surface area contributed by atoms with Gasteiger partial charge in [-0.05, 0) is 44.2 Å². The van der Waals surface area contributed by atoms with E-state index in [-0.39, 0.29) is 17.6 Å². The van der Waals surface area contributed by atoms with Crippen molar-refractivity contribution in [1.82, 2.24) is 15.1 Å². The summed E-state index contributed by atoms with van der Waals surface area (Å²) < 4.78 is 0. The number of piperidine rings is 1. The van der Waals surface area contributed by atoms with Gasteiger partial charge in [0.15, 0.2) is 0 Å². The van der Waals surface area contributed by atoms with Gasteiger partial charge in [-0.15, -0.1) is 0 Å². The molecule has 1 fully saturated rings. The first-order valence-corrected chi connectivity index (χ1v) is 8.74. The average Bonchev–Trinajstić information content (AvgIpc) is 3.10. The highest BCUT2D eigenvalue weighted by atomic mass is 16.2. The highest BCUT2D eigenvalue weighted by molar-refractivity contribution is 5.90. The lowest BCUT2D eigenvalue weighted by Gasteiger charge is -2.35. The first-order chi connectivity index (χ1) is 12.0. The van der Waals surface area contributed by atoms with Gasteiger partial charge in [0.05, 0.1) is 11.7 Å². The lowest BCUT2D eigenvalue weighted by molar-refractivity contribution is -0.135. The van der Waals surface area contributed by atoms with E-state index in [9.17, 15) is 9.59 Å². The van der Waals surface area contributed by atoms with E-state index in [4.69, 9.17) is 5.73 Å². The van der Waals surface area contributed by atoms with Crippen LogP contribution in [0, 0.1) is 6.92 Å². The number of hydrogen-bond donors (Lipinski definition) is 2. The number of amides is 2. The molecular formula is C19H24N4O2. The number of aryl methyl sites for hydroxylation is 2. The lowest BCUT2D eigenvalue weighted by Crippen LogP contribution is -2.38. The van der Waals surface area contributed by atoms with Crippen LogP contribution in [-0.2, 0) is 11.2 Å². The number of likely N-dealkylation sites (tertiary alicyclic amines) is 1. The van der Waals surface area contributed by atoms with E-state index in [2.05, 4.69) is 35.3 Å². The Kier molecular flexibility index (Phi) is 5.16. The Balaban J connectivity index is 1.69. The summed E-state index contributed by atoms with van der Waals surface area (Å²) in [5.41, 5.74) is 8.66. The van der Waals surface area contributed by atoms with Gasteiger partial charge >= 0.3 is 0 Å². The van der Waals surface area contributed by atoms with Crippen LogP contribution < -0.4 is 5.73 Å². The van der Waals surface area contributed by atoms with E-state index in [0.29, 0.717) is 6.42 Å². The predicted molar refractivity (Wildman–Crippen MR) is 94.9 cm³/mol. The molecule has 6 heteroatoms. The van der Waals surface area contributed by atoms with Crippen molar-refractivity contribution in [1.29, 1.82) is 0 Å². The molecule has 1 aromatic carbocycles. The van der Waals surface area contributed by atoms with E-state index < -0.39 is 5.91 Å². The Morgan fingerprint density at radius 3 is 2.88 bits per heavy atom. The van der Waals surface area contributed by atoms with Crippen molar-refractivity contribution >= 4 is 11.8 Å². The maximum atomic E-state index is 12.8. The fraction of sp³-hybridized carbons (Fsp3) is 0.421. The van der Waals surface area contributed by atoms with Crippen LogP contribution in [0.15, 0.2) is 30.3 Å². The van der Waals surface area contributed by atoms with E-state index in [1.54, 1.807) is 6.07 Å². The minimum absolute atomic E-state index is 0.0561. The van der Waals surface area contributed by atoms with Crippen molar-refractivity contribution < 1.29 is 9.59 Å². The Hall–Kier alpha value is -2.63. The molecule has 2 aromatic rings. The second kappa shape index (κ2) is 7.51. The molecule has 6 nitrogen and oxygen atoms in total. The van der Waals surface area contributed by atoms with Gasteiger partial charge in [0, 0.05) is 13.0 Å². The summed E-state index contributed by atoms with van der Waals surface area (Å²) in [6.45, 7) is 2.79. The zero-order chi connectivity index (χ0) is 17.8. The molecule has 132 valence electrons. The second-order valence-electron chi connectivity index (χ2n) is 6.66. The van der Waals surface area contributed by atoms with E-state index in [1.807, 2.05) is 11.0 Å². The molecule has 1 atom stereocenters. The molecule has 25 heavy (non-hydrogen) atoms. The number of aromatic nitrogens is 2. The van der Waals surface area contributed by atoms with Crippen LogP contribution in [0.4, 0.5) is 0 Å². The number of nitrogens with zero attached hydrogens (tertiary/aromatic N) is 2. The number of H-pyrrole nitrogens is 1. The van der Waals surface area contributed by atoms with E-state index in [0.717, 1.165) is 37.9 Å². The van der Waals surface area contributed by atoms with Crippen molar-refractivity contribution in [2.45, 2.75) is 45.1 Å². The van der Waals surface area contributed by atoms with Crippen molar-refractivity contribution in [2.75, 3.05) is 6.54 Å². The van der Waals surface area contributed by atoms with E-state index >= 15 is 0 Å². The highest BCUT2D eigenvalue weighted by Crippen LogP contribution is 2.30. The van der Waals surface area contributed by atoms with Crippen LogP contribution in [0.5, 0.6) is 0 Å². The summed E-state index contributed by atoms with van der Waals surface area (Å²) in [5, 5.41) is 6.83. The summed E-state index contributed by atoms with van der Waals surface area (Å²) in [6, 6.07) is 9.87. The van der Waals surface area contributed by atoms with Gasteiger partial charge in [0.2, 0.25) is 5.91 Å². The molecule has 1 saturated heterocycles. The second-order valence-corrected chi connectivity index (χ2v) is 6.66. The average molecular weight is 340 g/mol. The van der Waals surface area contributed by atoms with Crippen molar-refractivity contribution in [3.63, 3.8) is 0 Å². The zero-order valence-corrected chi connectivity index (χ0v) is 14.5. The maximum Gasteiger partial charge on any atom is 0.269 e. The first-order valence-electron chi connectivity index (χ1n) is 8.74. The minimum Gasteiger partial charge on any atom is -0.364 e. The van der Waals surface area contributed by atoms with Crippen molar-refractivity contribution in [2.24, 2.45) is 5.73 Å². The Morgan fingerprint density at radius 2 is 2.16 bits per heavy atom. The van der Waals surface area contributed by atoms with Crippen LogP contribution in [0.25, 0.3) is 0 Å². The Morgan fingerprint density at radius 1 is 1.32 bits per heavy atom. The zero-order valence-electron chi connectivity index (χ0n) is 14.5. The van der Waals surface area contributed by atoms with Crippen LogP contribution in [0.3, 0.4) is 0 Å². The predicted octanol–water partition coefficient (Wildman–Crippen LogP) is 2.50. The number of primary amides is 1. The van der Waals surface area contributed by atoms with Gasteiger partial charge in [-0.2, -0.15) is 5.10 Å². The molecule has 3 N–H and O–H groups in total. The SMILES string of the molecule is Cc1cccc(CCC(=O)N2CCCC[C@@H]2c2cc(C(N)=O)n[nH]2)c1. The molecule has 0 saturated carbocycles. The molecule has 0 unspecified atom stereocenters. The number of nitrogens with one attached hydrogen (secondary N) is 1. The van der Waals surface area contributed by atoms with Crippen LogP contribution in [0.2, 0.25) is 0 Å². The van der Waals surface area contributed by atoms with Crippen LogP contribution in [-0.4, -0.2) is 33.5 Å². The normalized spacial score (nSPS) is 17.5. The summed E-state index contributed by atoms with van der Waals surface area (Å²) >= 11 is 0. The Bertz CT molecular complexity index is 768. The van der Waals surface area contributed by atoms with Crippen LogP contribution in [0.1, 0.15) is 59.0 Å². The molecule has 0 bridgehead atoms. The lowest BCUT2D eigenvalue weighted by atomic mass is 9.98. The third kappa shape index (κ3) is 4.07. The topological polar surface area (TPSA) is 92.1 Å². The third-order valence-corrected chi connectivity index (χ3v) is 4.74. The van der Waals surface area contributed by atoms with Gasteiger partial charge in [0.25, 0.3) is 5.91 Å². The third-order valence-electron chi connectivity index (χ3n) is 4.74. The van der Waals surface area contributed by atoms with E-state index in [1.165, 1.54) is 11.1 Å².